The quantitative estimate of drug-likeness (QED) is 0.607. The maximum atomic E-state index is 12.3. The molecule has 0 unspecified atom stereocenters. The van der Waals surface area contributed by atoms with E-state index in [0.29, 0.717) is 6.42 Å². The number of amides is 1. The summed E-state index contributed by atoms with van der Waals surface area (Å²) in [5.74, 6) is 0.834. The smallest absolute Gasteiger partial charge is 0.225 e. The van der Waals surface area contributed by atoms with Crippen LogP contribution in [0, 0.1) is 6.92 Å². The molecule has 1 N–H and O–H groups in total. The van der Waals surface area contributed by atoms with Crippen LogP contribution < -0.4 is 5.32 Å². The number of nitrogens with zero attached hydrogens (tertiary/aromatic N) is 2. The molecule has 0 fully saturated rings. The molecule has 0 spiro atoms. The Morgan fingerprint density at radius 1 is 1.17 bits per heavy atom. The molecule has 5 heteroatoms. The predicted molar refractivity (Wildman–Crippen MR) is 103 cm³/mol. The molecule has 0 bridgehead atoms. The Bertz CT molecular complexity index is 677. The fourth-order valence-electron chi connectivity index (χ4n) is 2.85. The molecule has 2 aromatic rings. The summed E-state index contributed by atoms with van der Waals surface area (Å²) in [4.78, 5) is 12.3. The first-order valence-corrected chi connectivity index (χ1v) is 9.41. The van der Waals surface area contributed by atoms with Crippen molar-refractivity contribution < 1.29 is 4.79 Å². The van der Waals surface area contributed by atoms with Crippen molar-refractivity contribution in [2.45, 2.75) is 52.4 Å². The molecule has 0 saturated carbocycles. The number of unbranched alkanes of at least 4 members (excludes halogenated alkanes) is 4. The van der Waals surface area contributed by atoms with Crippen molar-refractivity contribution in [3.05, 3.63) is 34.4 Å². The van der Waals surface area contributed by atoms with E-state index in [-0.39, 0.29) is 5.91 Å². The minimum absolute atomic E-state index is 0.0628. The van der Waals surface area contributed by atoms with Gasteiger partial charge < -0.3 is 5.32 Å². The molecule has 0 aliphatic rings. The summed E-state index contributed by atoms with van der Waals surface area (Å²) >= 11 is 3.46. The first-order chi connectivity index (χ1) is 11.5. The molecule has 1 heterocycles. The molecule has 0 radical (unpaired) electrons. The number of halogens is 1. The lowest BCUT2D eigenvalue weighted by atomic mass is 10.1. The van der Waals surface area contributed by atoms with Crippen LogP contribution >= 0.6 is 15.9 Å². The second-order valence-corrected chi connectivity index (χ2v) is 7.07. The number of benzene rings is 1. The number of aryl methyl sites for hydroxylation is 2. The molecule has 2 rings (SSSR count). The highest BCUT2D eigenvalue weighted by Crippen LogP contribution is 2.32. The zero-order valence-corrected chi connectivity index (χ0v) is 16.3. The summed E-state index contributed by atoms with van der Waals surface area (Å²) in [6.45, 7) is 4.17. The van der Waals surface area contributed by atoms with Crippen LogP contribution in [0.25, 0.3) is 11.1 Å². The van der Waals surface area contributed by atoms with Crippen molar-refractivity contribution in [3.63, 3.8) is 0 Å². The predicted octanol–water partition coefficient (Wildman–Crippen LogP) is 5.46. The third-order valence-electron chi connectivity index (χ3n) is 4.12. The van der Waals surface area contributed by atoms with E-state index in [9.17, 15) is 4.79 Å². The topological polar surface area (TPSA) is 46.9 Å². The molecule has 24 heavy (non-hydrogen) atoms. The van der Waals surface area contributed by atoms with Crippen molar-refractivity contribution in [2.75, 3.05) is 5.32 Å². The van der Waals surface area contributed by atoms with E-state index in [1.807, 2.05) is 38.2 Å². The number of nitrogens with one attached hydrogen (secondary N) is 1. The average Bonchev–Trinajstić information content (AvgIpc) is 2.82. The summed E-state index contributed by atoms with van der Waals surface area (Å²) in [6, 6.07) is 8.07. The molecule has 4 nitrogen and oxygen atoms in total. The number of aromatic nitrogens is 2. The molecule has 1 aromatic carbocycles. The Morgan fingerprint density at radius 3 is 2.50 bits per heavy atom. The molecule has 1 aromatic heterocycles. The van der Waals surface area contributed by atoms with E-state index >= 15 is 0 Å². The van der Waals surface area contributed by atoms with Crippen LogP contribution in [0.15, 0.2) is 28.7 Å². The highest BCUT2D eigenvalue weighted by molar-refractivity contribution is 9.10. The number of hydrogen-bond acceptors (Lipinski definition) is 2. The van der Waals surface area contributed by atoms with Gasteiger partial charge in [0.05, 0.1) is 5.69 Å². The van der Waals surface area contributed by atoms with E-state index in [1.54, 1.807) is 4.68 Å². The van der Waals surface area contributed by atoms with Gasteiger partial charge in [-0.2, -0.15) is 5.10 Å². The summed E-state index contributed by atoms with van der Waals surface area (Å²) in [5.41, 5.74) is 2.96. The van der Waals surface area contributed by atoms with E-state index in [0.717, 1.165) is 40.0 Å². The van der Waals surface area contributed by atoms with Gasteiger partial charge in [0, 0.05) is 23.5 Å². The van der Waals surface area contributed by atoms with Crippen LogP contribution in [-0.4, -0.2) is 15.7 Å². The van der Waals surface area contributed by atoms with Crippen LogP contribution in [-0.2, 0) is 11.8 Å². The zero-order valence-electron chi connectivity index (χ0n) is 14.7. The van der Waals surface area contributed by atoms with Gasteiger partial charge in [-0.05, 0) is 31.0 Å². The first-order valence-electron chi connectivity index (χ1n) is 8.62. The van der Waals surface area contributed by atoms with Gasteiger partial charge in [-0.3, -0.25) is 9.48 Å². The molecule has 0 atom stereocenters. The van der Waals surface area contributed by atoms with Gasteiger partial charge in [-0.1, -0.05) is 60.7 Å². The molecular weight excluding hydrogens is 366 g/mol. The molecule has 130 valence electrons. The maximum absolute atomic E-state index is 12.3. The average molecular weight is 392 g/mol. The first kappa shape index (κ1) is 18.7. The lowest BCUT2D eigenvalue weighted by Gasteiger charge is -2.09. The minimum Gasteiger partial charge on any atom is -0.310 e. The van der Waals surface area contributed by atoms with Gasteiger partial charge in [0.1, 0.15) is 5.82 Å². The third-order valence-corrected chi connectivity index (χ3v) is 4.65. The molecule has 1 amide bonds. The fourth-order valence-corrected chi connectivity index (χ4v) is 3.11. The SMILES string of the molecule is CCCCCCCC(=O)Nc1c(-c2ccc(Br)cc2)c(C)nn1C. The van der Waals surface area contributed by atoms with Crippen LogP contribution in [0.1, 0.15) is 51.1 Å². The lowest BCUT2D eigenvalue weighted by molar-refractivity contribution is -0.116. The molecule has 0 aliphatic carbocycles. The van der Waals surface area contributed by atoms with Crippen molar-refractivity contribution in [2.24, 2.45) is 7.05 Å². The van der Waals surface area contributed by atoms with Crippen LogP contribution in [0.2, 0.25) is 0 Å². The van der Waals surface area contributed by atoms with Gasteiger partial charge in [0.2, 0.25) is 5.91 Å². The summed E-state index contributed by atoms with van der Waals surface area (Å²) in [7, 11) is 1.87. The monoisotopic (exact) mass is 391 g/mol. The van der Waals surface area contributed by atoms with Crippen LogP contribution in [0.5, 0.6) is 0 Å². The second kappa shape index (κ2) is 9.02. The largest absolute Gasteiger partial charge is 0.310 e. The van der Waals surface area contributed by atoms with Crippen molar-refractivity contribution in [1.82, 2.24) is 9.78 Å². The number of rotatable bonds is 8. The zero-order chi connectivity index (χ0) is 17.5. The van der Waals surface area contributed by atoms with Crippen molar-refractivity contribution in [1.29, 1.82) is 0 Å². The van der Waals surface area contributed by atoms with Gasteiger partial charge in [-0.15, -0.1) is 0 Å². The summed E-state index contributed by atoms with van der Waals surface area (Å²) in [5, 5.41) is 7.53. The van der Waals surface area contributed by atoms with Crippen LogP contribution in [0.4, 0.5) is 5.82 Å². The fraction of sp³-hybridized carbons (Fsp3) is 0.474. The van der Waals surface area contributed by atoms with E-state index in [4.69, 9.17) is 0 Å². The Morgan fingerprint density at radius 2 is 1.83 bits per heavy atom. The Kier molecular flexibility index (Phi) is 7.03. The lowest BCUT2D eigenvalue weighted by Crippen LogP contribution is -2.14. The molecule has 0 aliphatic heterocycles. The number of carbonyl (C=O) groups excluding carboxylic acids is 1. The Hall–Kier alpha value is -1.62. The van der Waals surface area contributed by atoms with Crippen molar-refractivity contribution >= 4 is 27.7 Å². The molecular formula is C19H26BrN3O. The van der Waals surface area contributed by atoms with Gasteiger partial charge in [-0.25, -0.2) is 0 Å². The summed E-state index contributed by atoms with van der Waals surface area (Å²) < 4.78 is 2.78. The molecule has 0 saturated heterocycles. The Balaban J connectivity index is 2.07. The maximum Gasteiger partial charge on any atom is 0.225 e. The van der Waals surface area contributed by atoms with Gasteiger partial charge in [0.15, 0.2) is 0 Å². The standard InChI is InChI=1S/C19H26BrN3O/c1-4-5-6-7-8-9-17(24)21-19-18(14(2)22-23(19)3)15-10-12-16(20)13-11-15/h10-13H,4-9H2,1-3H3,(H,21,24). The van der Waals surface area contributed by atoms with Gasteiger partial charge >= 0.3 is 0 Å². The number of carbonyl (C=O) groups is 1. The van der Waals surface area contributed by atoms with Crippen molar-refractivity contribution in [3.8, 4) is 11.1 Å². The highest BCUT2D eigenvalue weighted by atomic mass is 79.9. The highest BCUT2D eigenvalue weighted by Gasteiger charge is 2.17. The minimum atomic E-state index is 0.0628. The second-order valence-electron chi connectivity index (χ2n) is 6.15. The third kappa shape index (κ3) is 4.94. The van der Waals surface area contributed by atoms with Gasteiger partial charge in [0.25, 0.3) is 0 Å². The number of hydrogen-bond donors (Lipinski definition) is 1. The normalized spacial score (nSPS) is 10.8. The van der Waals surface area contributed by atoms with Crippen LogP contribution in [0.3, 0.4) is 0 Å². The Labute approximate surface area is 152 Å². The van der Waals surface area contributed by atoms with E-state index in [2.05, 4.69) is 33.3 Å². The number of anilines is 1. The summed E-state index contributed by atoms with van der Waals surface area (Å²) in [6.07, 6.45) is 6.29. The van der Waals surface area contributed by atoms with E-state index < -0.39 is 0 Å². The van der Waals surface area contributed by atoms with E-state index in [1.165, 1.54) is 19.3 Å².